The first-order valence-electron chi connectivity index (χ1n) is 8.64. The van der Waals surface area contributed by atoms with Crippen molar-refractivity contribution in [3.05, 3.63) is 28.2 Å². The highest BCUT2D eigenvalue weighted by Crippen LogP contribution is 2.30. The van der Waals surface area contributed by atoms with Gasteiger partial charge in [-0.15, -0.1) is 0 Å². The van der Waals surface area contributed by atoms with Crippen LogP contribution in [0.15, 0.2) is 18.2 Å². The van der Waals surface area contributed by atoms with Gasteiger partial charge in [-0.1, -0.05) is 36.0 Å². The third-order valence-electron chi connectivity index (χ3n) is 4.75. The Balaban J connectivity index is 1.47. The van der Waals surface area contributed by atoms with Gasteiger partial charge in [-0.2, -0.15) is 0 Å². The minimum atomic E-state index is -0.516. The molecule has 1 aromatic carbocycles. The fraction of sp³-hybridized carbons (Fsp3) is 0.500. The maximum atomic E-state index is 12.2. The number of carbonyl (C=O) groups excluding carboxylic acids is 3. The zero-order valence-electron chi connectivity index (χ0n) is 14.2. The molecule has 2 amide bonds. The van der Waals surface area contributed by atoms with Gasteiger partial charge in [0.05, 0.1) is 5.92 Å². The summed E-state index contributed by atoms with van der Waals surface area (Å²) in [4.78, 5) is 38.1. The van der Waals surface area contributed by atoms with Gasteiger partial charge in [0.15, 0.2) is 6.61 Å². The summed E-state index contributed by atoms with van der Waals surface area (Å²) in [6, 6.07) is 4.88. The zero-order chi connectivity index (χ0) is 18.7. The van der Waals surface area contributed by atoms with Crippen molar-refractivity contribution in [1.82, 2.24) is 4.90 Å². The van der Waals surface area contributed by atoms with E-state index in [1.165, 1.54) is 0 Å². The van der Waals surface area contributed by atoms with Crippen molar-refractivity contribution in [3.63, 3.8) is 0 Å². The lowest BCUT2D eigenvalue weighted by Crippen LogP contribution is -2.35. The molecule has 3 rings (SSSR count). The molecule has 1 aliphatic heterocycles. The molecule has 0 aromatic heterocycles. The molecule has 26 heavy (non-hydrogen) atoms. The van der Waals surface area contributed by atoms with Gasteiger partial charge in [-0.3, -0.25) is 14.4 Å². The van der Waals surface area contributed by atoms with E-state index in [1.807, 2.05) is 0 Å². The summed E-state index contributed by atoms with van der Waals surface area (Å²) in [5.41, 5.74) is 0.423. The van der Waals surface area contributed by atoms with Gasteiger partial charge in [-0.25, -0.2) is 0 Å². The Morgan fingerprint density at radius 3 is 2.46 bits per heavy atom. The van der Waals surface area contributed by atoms with Crippen molar-refractivity contribution >= 4 is 46.7 Å². The normalized spacial score (nSPS) is 20.5. The third-order valence-corrected chi connectivity index (χ3v) is 5.19. The second kappa shape index (κ2) is 8.27. The molecule has 1 heterocycles. The lowest BCUT2D eigenvalue weighted by Gasteiger charge is -2.23. The topological polar surface area (TPSA) is 75.7 Å². The Kier molecular flexibility index (Phi) is 6.04. The fourth-order valence-corrected chi connectivity index (χ4v) is 4.06. The highest BCUT2D eigenvalue weighted by molar-refractivity contribution is 6.35. The summed E-state index contributed by atoms with van der Waals surface area (Å²) in [6.45, 7) is -0.0368. The van der Waals surface area contributed by atoms with E-state index >= 15 is 0 Å². The molecule has 1 N–H and O–H groups in total. The average Bonchev–Trinajstić information content (AvgIpc) is 3.20. The minimum absolute atomic E-state index is 0.00290. The molecule has 2 aliphatic rings. The molecule has 2 fully saturated rings. The highest BCUT2D eigenvalue weighted by Gasteiger charge is 2.39. The van der Waals surface area contributed by atoms with E-state index in [0.717, 1.165) is 25.7 Å². The van der Waals surface area contributed by atoms with Crippen molar-refractivity contribution in [2.24, 2.45) is 5.92 Å². The van der Waals surface area contributed by atoms with Crippen LogP contribution in [-0.4, -0.2) is 41.9 Å². The lowest BCUT2D eigenvalue weighted by atomic mass is 10.1. The monoisotopic (exact) mass is 398 g/mol. The number of nitrogens with one attached hydrogen (secondary N) is 1. The summed E-state index contributed by atoms with van der Waals surface area (Å²) in [6.07, 6.45) is 4.39. The van der Waals surface area contributed by atoms with Crippen LogP contribution in [0, 0.1) is 5.92 Å². The van der Waals surface area contributed by atoms with Crippen LogP contribution in [0.1, 0.15) is 32.1 Å². The number of nitrogens with zero attached hydrogens (tertiary/aromatic N) is 1. The number of esters is 1. The number of halogens is 2. The quantitative estimate of drug-likeness (QED) is 0.772. The minimum Gasteiger partial charge on any atom is -0.455 e. The molecular weight excluding hydrogens is 379 g/mol. The molecule has 1 aromatic rings. The van der Waals surface area contributed by atoms with Crippen molar-refractivity contribution in [2.45, 2.75) is 38.1 Å². The second-order valence-electron chi connectivity index (χ2n) is 6.70. The summed E-state index contributed by atoms with van der Waals surface area (Å²) >= 11 is 11.7. The molecule has 0 spiro atoms. The van der Waals surface area contributed by atoms with Crippen LogP contribution >= 0.6 is 23.2 Å². The first-order chi connectivity index (χ1) is 12.4. The molecule has 6 nitrogen and oxygen atoms in total. The fourth-order valence-electron chi connectivity index (χ4n) is 3.54. The molecule has 1 saturated heterocycles. The van der Waals surface area contributed by atoms with Gasteiger partial charge in [0.1, 0.15) is 0 Å². The predicted octanol–water partition coefficient (Wildman–Crippen LogP) is 3.27. The molecule has 0 bridgehead atoms. The maximum Gasteiger partial charge on any atom is 0.311 e. The van der Waals surface area contributed by atoms with Gasteiger partial charge in [0, 0.05) is 34.7 Å². The van der Waals surface area contributed by atoms with Crippen molar-refractivity contribution in [3.8, 4) is 0 Å². The van der Waals surface area contributed by atoms with Gasteiger partial charge in [-0.05, 0) is 31.0 Å². The Bertz CT molecular complexity index is 699. The Morgan fingerprint density at radius 1 is 1.15 bits per heavy atom. The summed E-state index contributed by atoms with van der Waals surface area (Å²) in [7, 11) is 0. The molecule has 8 heteroatoms. The van der Waals surface area contributed by atoms with Crippen LogP contribution in [0.25, 0.3) is 0 Å². The van der Waals surface area contributed by atoms with E-state index < -0.39 is 24.4 Å². The summed E-state index contributed by atoms with van der Waals surface area (Å²) < 4.78 is 5.08. The first-order valence-corrected chi connectivity index (χ1v) is 9.40. The number of amides is 2. The van der Waals surface area contributed by atoms with Crippen LogP contribution in [0.3, 0.4) is 0 Å². The smallest absolute Gasteiger partial charge is 0.311 e. The third kappa shape index (κ3) is 4.68. The highest BCUT2D eigenvalue weighted by atomic mass is 35.5. The number of anilines is 1. The van der Waals surface area contributed by atoms with E-state index in [9.17, 15) is 14.4 Å². The maximum absolute atomic E-state index is 12.2. The van der Waals surface area contributed by atoms with E-state index in [2.05, 4.69) is 5.32 Å². The summed E-state index contributed by atoms with van der Waals surface area (Å²) in [5, 5.41) is 3.35. The van der Waals surface area contributed by atoms with Gasteiger partial charge in [0.2, 0.25) is 5.91 Å². The van der Waals surface area contributed by atoms with Gasteiger partial charge in [0.25, 0.3) is 5.91 Å². The van der Waals surface area contributed by atoms with Crippen LogP contribution < -0.4 is 5.32 Å². The van der Waals surface area contributed by atoms with Gasteiger partial charge < -0.3 is 15.0 Å². The molecule has 0 radical (unpaired) electrons. The number of ether oxygens (including phenoxy) is 1. The van der Waals surface area contributed by atoms with E-state index in [-0.39, 0.29) is 18.4 Å². The van der Waals surface area contributed by atoms with E-state index in [1.54, 1.807) is 23.1 Å². The Morgan fingerprint density at radius 2 is 1.81 bits per heavy atom. The van der Waals surface area contributed by atoms with Crippen LogP contribution in [-0.2, 0) is 19.1 Å². The number of likely N-dealkylation sites (tertiary alicyclic amines) is 1. The van der Waals surface area contributed by atoms with Crippen molar-refractivity contribution in [1.29, 1.82) is 0 Å². The Hall–Kier alpha value is -1.79. The number of hydrogen-bond donors (Lipinski definition) is 1. The van der Waals surface area contributed by atoms with Gasteiger partial charge >= 0.3 is 5.97 Å². The van der Waals surface area contributed by atoms with Crippen molar-refractivity contribution in [2.75, 3.05) is 18.5 Å². The standard InChI is InChI=1S/C18H20Cl2N2O4/c19-12-6-13(20)8-14(7-12)21-16(23)10-26-18(25)11-5-17(24)22(9-11)15-3-1-2-4-15/h6-8,11,15H,1-5,9-10H2,(H,21,23)/t11-/m0/s1. The van der Waals surface area contributed by atoms with Crippen LogP contribution in [0.5, 0.6) is 0 Å². The average molecular weight is 399 g/mol. The molecule has 1 atom stereocenters. The van der Waals surface area contributed by atoms with Crippen molar-refractivity contribution < 1.29 is 19.1 Å². The first kappa shape index (κ1) is 19.0. The molecule has 0 unspecified atom stereocenters. The molecule has 1 saturated carbocycles. The molecule has 140 valence electrons. The SMILES string of the molecule is O=C(COC(=O)[C@H]1CC(=O)N(C2CCCC2)C1)Nc1cc(Cl)cc(Cl)c1. The number of carbonyl (C=O) groups is 3. The largest absolute Gasteiger partial charge is 0.455 e. The Labute approximate surface area is 161 Å². The number of benzene rings is 1. The van der Waals surface area contributed by atoms with E-state index in [0.29, 0.717) is 22.3 Å². The number of rotatable bonds is 5. The van der Waals surface area contributed by atoms with E-state index in [4.69, 9.17) is 27.9 Å². The zero-order valence-corrected chi connectivity index (χ0v) is 15.7. The summed E-state index contributed by atoms with van der Waals surface area (Å²) in [5.74, 6) is -1.51. The lowest BCUT2D eigenvalue weighted by molar-refractivity contribution is -0.151. The predicted molar refractivity (Wildman–Crippen MR) is 98.1 cm³/mol. The van der Waals surface area contributed by atoms with Crippen LogP contribution in [0.4, 0.5) is 5.69 Å². The molecular formula is C18H20Cl2N2O4. The molecule has 1 aliphatic carbocycles. The van der Waals surface area contributed by atoms with Crippen LogP contribution in [0.2, 0.25) is 10.0 Å². The number of hydrogen-bond acceptors (Lipinski definition) is 4. The second-order valence-corrected chi connectivity index (χ2v) is 7.57.